The second-order valence-electron chi connectivity index (χ2n) is 12.0. The maximum atomic E-state index is 13.6. The van der Waals surface area contributed by atoms with E-state index in [4.69, 9.17) is 14.7 Å². The second-order valence-corrected chi connectivity index (χ2v) is 12.0. The average molecular weight is 561 g/mol. The van der Waals surface area contributed by atoms with Gasteiger partial charge in [0, 0.05) is 48.6 Å². The van der Waals surface area contributed by atoms with Crippen molar-refractivity contribution < 1.29 is 23.0 Å². The normalized spacial score (nSPS) is 22.0. The number of aromatic nitrogens is 2. The molecule has 3 aliphatic rings. The molecule has 6 rings (SSSR count). The number of nitrogens with one attached hydrogen (secondary N) is 1. The van der Waals surface area contributed by atoms with Crippen molar-refractivity contribution in [3.8, 4) is 28.8 Å². The van der Waals surface area contributed by atoms with Gasteiger partial charge in [0.25, 0.3) is 5.92 Å². The van der Waals surface area contributed by atoms with Gasteiger partial charge >= 0.3 is 6.09 Å². The number of carbonyl (C=O) groups excluding carboxylic acids is 1. The topological polar surface area (TPSA) is 97.1 Å². The molecule has 2 heterocycles. The Morgan fingerprint density at radius 3 is 2.24 bits per heavy atom. The highest BCUT2D eigenvalue weighted by atomic mass is 19.3. The Labute approximate surface area is 238 Å². The van der Waals surface area contributed by atoms with E-state index in [2.05, 4.69) is 21.4 Å². The summed E-state index contributed by atoms with van der Waals surface area (Å²) in [5.74, 6) is -2.11. The number of nitriles is 1. The Morgan fingerprint density at radius 2 is 1.66 bits per heavy atom. The van der Waals surface area contributed by atoms with Crippen molar-refractivity contribution in [2.24, 2.45) is 5.41 Å². The van der Waals surface area contributed by atoms with E-state index in [0.29, 0.717) is 12.3 Å². The van der Waals surface area contributed by atoms with Gasteiger partial charge in [-0.25, -0.2) is 18.6 Å². The zero-order valence-electron chi connectivity index (χ0n) is 23.5. The number of ether oxygens (including phenoxy) is 2. The Hall–Kier alpha value is -4.06. The molecular formula is C32H34F2N4O3. The molecule has 0 aliphatic heterocycles. The molecule has 0 saturated heterocycles. The van der Waals surface area contributed by atoms with E-state index in [1.807, 2.05) is 18.2 Å². The smallest absolute Gasteiger partial charge is 0.413 e. The van der Waals surface area contributed by atoms with E-state index < -0.39 is 17.6 Å². The number of rotatable bonds is 8. The number of benzene rings is 1. The first-order chi connectivity index (χ1) is 19.4. The van der Waals surface area contributed by atoms with E-state index in [-0.39, 0.29) is 22.3 Å². The lowest BCUT2D eigenvalue weighted by atomic mass is 9.52. The molecule has 214 valence electrons. The number of nitrogens with zero attached hydrogens (tertiary/aromatic N) is 3. The number of carbonyl (C=O) groups is 1. The van der Waals surface area contributed by atoms with Gasteiger partial charge in [-0.1, -0.05) is 12.1 Å². The number of hydrogen-bond acceptors (Lipinski definition) is 6. The summed E-state index contributed by atoms with van der Waals surface area (Å²) in [5, 5.41) is 12.1. The zero-order valence-corrected chi connectivity index (χ0v) is 23.5. The van der Waals surface area contributed by atoms with Crippen LogP contribution in [0.5, 0.6) is 11.6 Å². The van der Waals surface area contributed by atoms with Crippen LogP contribution < -0.4 is 14.8 Å². The van der Waals surface area contributed by atoms with Crippen molar-refractivity contribution in [3.63, 3.8) is 0 Å². The monoisotopic (exact) mass is 560 g/mol. The van der Waals surface area contributed by atoms with E-state index in [1.165, 1.54) is 12.3 Å². The quantitative estimate of drug-likeness (QED) is 0.310. The van der Waals surface area contributed by atoms with Crippen LogP contribution in [0.1, 0.15) is 70.6 Å². The lowest BCUT2D eigenvalue weighted by Gasteiger charge is -2.53. The minimum absolute atomic E-state index is 0.00361. The fraction of sp³-hybridized carbons (Fsp3) is 0.438. The van der Waals surface area contributed by atoms with Gasteiger partial charge in [-0.05, 0) is 99.2 Å². The molecule has 0 unspecified atom stereocenters. The van der Waals surface area contributed by atoms with Crippen molar-refractivity contribution in [3.05, 3.63) is 72.2 Å². The molecule has 3 aromatic rings. The molecule has 3 saturated carbocycles. The third kappa shape index (κ3) is 6.32. The van der Waals surface area contributed by atoms with E-state index in [9.17, 15) is 13.6 Å². The maximum Gasteiger partial charge on any atom is 0.413 e. The molecule has 0 radical (unpaired) electrons. The van der Waals surface area contributed by atoms with Crippen molar-refractivity contribution in [1.29, 1.82) is 5.26 Å². The fourth-order valence-corrected chi connectivity index (χ4v) is 5.95. The molecule has 0 spiro atoms. The molecule has 3 fully saturated rings. The van der Waals surface area contributed by atoms with Crippen molar-refractivity contribution in [2.75, 3.05) is 6.54 Å². The minimum atomic E-state index is -2.90. The van der Waals surface area contributed by atoms with Gasteiger partial charge < -0.3 is 14.8 Å². The largest absolute Gasteiger partial charge is 0.473 e. The SMILES string of the molecule is CC(C)(C#N)Oc1ccc(-c2ccnc(OC(=O)NCC34CCC(c5ccc(C(C)(F)F)cn5)(CC3)CC4)c2)cc1. The van der Waals surface area contributed by atoms with Gasteiger partial charge in [-0.15, -0.1) is 0 Å². The maximum absolute atomic E-state index is 13.6. The van der Waals surface area contributed by atoms with Crippen molar-refractivity contribution in [1.82, 2.24) is 15.3 Å². The van der Waals surface area contributed by atoms with Crippen LogP contribution in [0.25, 0.3) is 11.1 Å². The van der Waals surface area contributed by atoms with Gasteiger partial charge in [-0.2, -0.15) is 5.26 Å². The predicted octanol–water partition coefficient (Wildman–Crippen LogP) is 7.32. The lowest BCUT2D eigenvalue weighted by molar-refractivity contribution is 0.0165. The highest BCUT2D eigenvalue weighted by molar-refractivity contribution is 5.71. The summed E-state index contributed by atoms with van der Waals surface area (Å²) < 4.78 is 38.4. The summed E-state index contributed by atoms with van der Waals surface area (Å²) in [6.45, 7) is 4.80. The van der Waals surface area contributed by atoms with Gasteiger partial charge in [0.1, 0.15) is 11.8 Å². The summed E-state index contributed by atoms with van der Waals surface area (Å²) in [7, 11) is 0. The number of pyridine rings is 2. The summed E-state index contributed by atoms with van der Waals surface area (Å²) in [6.07, 6.45) is 7.89. The number of fused-ring (bicyclic) bond motifs is 3. The summed E-state index contributed by atoms with van der Waals surface area (Å²) >= 11 is 0. The first-order valence-electron chi connectivity index (χ1n) is 13.9. The first-order valence-corrected chi connectivity index (χ1v) is 13.9. The molecule has 7 nitrogen and oxygen atoms in total. The van der Waals surface area contributed by atoms with Gasteiger partial charge in [-0.3, -0.25) is 4.98 Å². The lowest BCUT2D eigenvalue weighted by Crippen LogP contribution is -2.49. The molecule has 1 amide bonds. The van der Waals surface area contributed by atoms with Crippen LogP contribution in [0.2, 0.25) is 0 Å². The zero-order chi connectivity index (χ0) is 29.3. The Morgan fingerprint density at radius 1 is 0.976 bits per heavy atom. The van der Waals surface area contributed by atoms with Crippen LogP contribution in [0.4, 0.5) is 13.6 Å². The van der Waals surface area contributed by atoms with Crippen LogP contribution in [-0.2, 0) is 11.3 Å². The van der Waals surface area contributed by atoms with Crippen LogP contribution in [0.3, 0.4) is 0 Å². The van der Waals surface area contributed by atoms with Crippen molar-refractivity contribution in [2.45, 2.75) is 76.2 Å². The molecule has 1 aromatic carbocycles. The molecular weight excluding hydrogens is 526 g/mol. The highest BCUT2D eigenvalue weighted by Gasteiger charge is 2.50. The third-order valence-electron chi connectivity index (χ3n) is 8.59. The number of alkyl halides is 2. The summed E-state index contributed by atoms with van der Waals surface area (Å²) in [4.78, 5) is 21.3. The highest BCUT2D eigenvalue weighted by Crippen LogP contribution is 2.57. The number of amides is 1. The Bertz CT molecular complexity index is 1420. The average Bonchev–Trinajstić information content (AvgIpc) is 2.97. The second kappa shape index (κ2) is 10.7. The summed E-state index contributed by atoms with van der Waals surface area (Å²) in [6, 6.07) is 16.2. The van der Waals surface area contributed by atoms with Crippen LogP contribution >= 0.6 is 0 Å². The first kappa shape index (κ1) is 28.5. The Balaban J connectivity index is 1.15. The van der Waals surface area contributed by atoms with E-state index in [1.54, 1.807) is 44.3 Å². The fourth-order valence-electron chi connectivity index (χ4n) is 5.95. The molecule has 3 aliphatic carbocycles. The molecule has 41 heavy (non-hydrogen) atoms. The van der Waals surface area contributed by atoms with E-state index >= 15 is 0 Å². The molecule has 2 aromatic heterocycles. The minimum Gasteiger partial charge on any atom is -0.473 e. The number of hydrogen-bond donors (Lipinski definition) is 1. The molecule has 2 bridgehead atoms. The summed E-state index contributed by atoms with van der Waals surface area (Å²) in [5.41, 5.74) is 1.54. The van der Waals surface area contributed by atoms with Gasteiger partial charge in [0.05, 0.1) is 0 Å². The van der Waals surface area contributed by atoms with Gasteiger partial charge in [0.15, 0.2) is 5.60 Å². The molecule has 9 heteroatoms. The third-order valence-corrected chi connectivity index (χ3v) is 8.59. The standard InChI is InChI=1S/C32H34F2N4O3/c1-29(2,20-35)41-25-7-4-22(5-8-25)23-10-17-36-27(18-23)40-28(39)38-21-31-11-14-32(15-12-31,16-13-31)26-9-6-24(19-37-26)30(3,33)34/h4-10,17-19H,11-16,21H2,1-3H3,(H,38,39). The molecule has 1 N–H and O–H groups in total. The van der Waals surface area contributed by atoms with Crippen molar-refractivity contribution >= 4 is 6.09 Å². The van der Waals surface area contributed by atoms with Crippen LogP contribution in [-0.4, -0.2) is 28.2 Å². The van der Waals surface area contributed by atoms with Crippen LogP contribution in [0, 0.1) is 16.7 Å². The Kier molecular flexibility index (Phi) is 7.45. The molecule has 0 atom stereocenters. The van der Waals surface area contributed by atoms with Gasteiger partial charge in [0.2, 0.25) is 5.88 Å². The van der Waals surface area contributed by atoms with Crippen LogP contribution in [0.15, 0.2) is 60.9 Å². The number of halogens is 2. The predicted molar refractivity (Wildman–Crippen MR) is 150 cm³/mol. The van der Waals surface area contributed by atoms with E-state index in [0.717, 1.165) is 62.3 Å².